The van der Waals surface area contributed by atoms with E-state index in [0.29, 0.717) is 15.8 Å². The van der Waals surface area contributed by atoms with Crippen LogP contribution in [0.5, 0.6) is 0 Å². The highest BCUT2D eigenvalue weighted by atomic mass is 79.9. The Morgan fingerprint density at radius 2 is 2.18 bits per heavy atom. The smallest absolute Gasteiger partial charge is 0.127 e. The molecule has 1 aliphatic carbocycles. The predicted octanol–water partition coefficient (Wildman–Crippen LogP) is 5.22. The topological polar surface area (TPSA) is 0 Å². The molecule has 1 fully saturated rings. The zero-order chi connectivity index (χ0) is 12.4. The Morgan fingerprint density at radius 3 is 2.88 bits per heavy atom. The standard InChI is InChI=1S/C14H17BrClF/c1-9-2-5-13(15)11(6-9)7-10-3-4-12(16)8-14(10)17/h3-4,8-9,11,13H,2,5-7H2,1H3. The van der Waals surface area contributed by atoms with Crippen molar-refractivity contribution in [1.29, 1.82) is 0 Å². The van der Waals surface area contributed by atoms with E-state index in [9.17, 15) is 4.39 Å². The van der Waals surface area contributed by atoms with Crippen LogP contribution in [-0.4, -0.2) is 4.83 Å². The second kappa shape index (κ2) is 5.71. The maximum Gasteiger partial charge on any atom is 0.127 e. The van der Waals surface area contributed by atoms with Gasteiger partial charge >= 0.3 is 0 Å². The fraction of sp³-hybridized carbons (Fsp3) is 0.571. The zero-order valence-corrected chi connectivity index (χ0v) is 12.3. The van der Waals surface area contributed by atoms with Crippen LogP contribution in [0.1, 0.15) is 31.7 Å². The molecule has 0 aromatic heterocycles. The summed E-state index contributed by atoms with van der Waals surface area (Å²) in [5, 5.41) is 0.471. The fourth-order valence-electron chi connectivity index (χ4n) is 2.64. The van der Waals surface area contributed by atoms with Crippen molar-refractivity contribution in [3.05, 3.63) is 34.6 Å². The van der Waals surface area contributed by atoms with Crippen molar-refractivity contribution in [2.45, 2.75) is 37.4 Å². The fourth-order valence-corrected chi connectivity index (χ4v) is 3.47. The van der Waals surface area contributed by atoms with E-state index < -0.39 is 0 Å². The zero-order valence-electron chi connectivity index (χ0n) is 9.93. The molecule has 3 heteroatoms. The number of rotatable bonds is 2. The van der Waals surface area contributed by atoms with Gasteiger partial charge in [0.25, 0.3) is 0 Å². The Bertz CT molecular complexity index is 394. The first-order valence-electron chi connectivity index (χ1n) is 6.14. The van der Waals surface area contributed by atoms with Crippen LogP contribution in [-0.2, 0) is 6.42 Å². The van der Waals surface area contributed by atoms with Gasteiger partial charge in [-0.15, -0.1) is 0 Å². The van der Waals surface area contributed by atoms with Crippen LogP contribution in [0.25, 0.3) is 0 Å². The number of benzene rings is 1. The molecule has 0 bridgehead atoms. The molecule has 1 aromatic rings. The summed E-state index contributed by atoms with van der Waals surface area (Å²) in [7, 11) is 0. The maximum absolute atomic E-state index is 13.7. The van der Waals surface area contributed by atoms with Gasteiger partial charge < -0.3 is 0 Å². The molecule has 0 aliphatic heterocycles. The van der Waals surface area contributed by atoms with E-state index in [0.717, 1.165) is 17.9 Å². The Kier molecular flexibility index (Phi) is 4.48. The molecule has 17 heavy (non-hydrogen) atoms. The highest BCUT2D eigenvalue weighted by Crippen LogP contribution is 2.36. The summed E-state index contributed by atoms with van der Waals surface area (Å²) in [4.78, 5) is 0.522. The second-order valence-electron chi connectivity index (χ2n) is 5.13. The highest BCUT2D eigenvalue weighted by Gasteiger charge is 2.27. The Hall–Kier alpha value is -0.0800. The van der Waals surface area contributed by atoms with Crippen LogP contribution in [0, 0.1) is 17.7 Å². The summed E-state index contributed by atoms with van der Waals surface area (Å²) in [6, 6.07) is 5.00. The highest BCUT2D eigenvalue weighted by molar-refractivity contribution is 9.09. The molecule has 0 amide bonds. The van der Waals surface area contributed by atoms with Gasteiger partial charge in [-0.05, 0) is 55.2 Å². The molecule has 3 atom stereocenters. The van der Waals surface area contributed by atoms with Crippen molar-refractivity contribution < 1.29 is 4.39 Å². The molecule has 0 spiro atoms. The molecule has 0 N–H and O–H groups in total. The summed E-state index contributed by atoms with van der Waals surface area (Å²) in [5.41, 5.74) is 0.790. The minimum absolute atomic E-state index is 0.171. The monoisotopic (exact) mass is 318 g/mol. The van der Waals surface area contributed by atoms with E-state index in [1.165, 1.54) is 25.3 Å². The number of hydrogen-bond acceptors (Lipinski definition) is 0. The van der Waals surface area contributed by atoms with Crippen molar-refractivity contribution in [2.24, 2.45) is 11.8 Å². The average Bonchev–Trinajstić information content (AvgIpc) is 2.27. The molecular weight excluding hydrogens is 303 g/mol. The van der Waals surface area contributed by atoms with Crippen LogP contribution in [0.4, 0.5) is 4.39 Å². The van der Waals surface area contributed by atoms with Gasteiger partial charge in [-0.3, -0.25) is 0 Å². The molecule has 94 valence electrons. The summed E-state index contributed by atoms with van der Waals surface area (Å²) < 4.78 is 13.7. The number of halogens is 3. The van der Waals surface area contributed by atoms with Gasteiger partial charge in [0.2, 0.25) is 0 Å². The molecule has 2 rings (SSSR count). The van der Waals surface area contributed by atoms with E-state index in [4.69, 9.17) is 11.6 Å². The number of hydrogen-bond donors (Lipinski definition) is 0. The normalized spacial score (nSPS) is 29.3. The third kappa shape index (κ3) is 3.45. The molecular formula is C14H17BrClF. The van der Waals surface area contributed by atoms with Crippen molar-refractivity contribution in [3.8, 4) is 0 Å². The van der Waals surface area contributed by atoms with Crippen LogP contribution >= 0.6 is 27.5 Å². The first kappa shape index (κ1) is 13.4. The van der Waals surface area contributed by atoms with E-state index >= 15 is 0 Å². The van der Waals surface area contributed by atoms with Crippen molar-refractivity contribution >= 4 is 27.5 Å². The Labute approximate surface area is 116 Å². The molecule has 1 aliphatic rings. The SMILES string of the molecule is CC1CCC(Br)C(Cc2ccc(Cl)cc2F)C1. The minimum atomic E-state index is -0.171. The molecule has 0 saturated heterocycles. The predicted molar refractivity (Wildman–Crippen MR) is 74.3 cm³/mol. The quantitative estimate of drug-likeness (QED) is 0.655. The first-order chi connectivity index (χ1) is 8.06. The second-order valence-corrected chi connectivity index (χ2v) is 6.75. The van der Waals surface area contributed by atoms with E-state index in [2.05, 4.69) is 22.9 Å². The Balaban J connectivity index is 2.08. The third-order valence-corrected chi connectivity index (χ3v) is 5.09. The molecule has 0 heterocycles. The molecule has 3 unspecified atom stereocenters. The third-order valence-electron chi connectivity index (χ3n) is 3.65. The summed E-state index contributed by atoms with van der Waals surface area (Å²) in [6.07, 6.45) is 4.46. The first-order valence-corrected chi connectivity index (χ1v) is 7.43. The van der Waals surface area contributed by atoms with Crippen LogP contribution < -0.4 is 0 Å². The summed E-state index contributed by atoms with van der Waals surface area (Å²) >= 11 is 9.49. The van der Waals surface area contributed by atoms with E-state index in [-0.39, 0.29) is 5.82 Å². The van der Waals surface area contributed by atoms with Gasteiger partial charge in [0.1, 0.15) is 5.82 Å². The van der Waals surface area contributed by atoms with Gasteiger partial charge in [-0.1, -0.05) is 40.5 Å². The van der Waals surface area contributed by atoms with Crippen molar-refractivity contribution in [2.75, 3.05) is 0 Å². The van der Waals surface area contributed by atoms with Crippen LogP contribution in [0.3, 0.4) is 0 Å². The molecule has 0 radical (unpaired) electrons. The Morgan fingerprint density at radius 1 is 1.41 bits per heavy atom. The van der Waals surface area contributed by atoms with Gasteiger partial charge in [-0.25, -0.2) is 4.39 Å². The van der Waals surface area contributed by atoms with Gasteiger partial charge in [0.05, 0.1) is 0 Å². The maximum atomic E-state index is 13.7. The lowest BCUT2D eigenvalue weighted by Crippen LogP contribution is -2.25. The van der Waals surface area contributed by atoms with Crippen molar-refractivity contribution in [1.82, 2.24) is 0 Å². The lowest BCUT2D eigenvalue weighted by molar-refractivity contribution is 0.292. The van der Waals surface area contributed by atoms with Crippen LogP contribution in [0.15, 0.2) is 18.2 Å². The minimum Gasteiger partial charge on any atom is -0.207 e. The average molecular weight is 320 g/mol. The van der Waals surface area contributed by atoms with Crippen molar-refractivity contribution in [3.63, 3.8) is 0 Å². The van der Waals surface area contributed by atoms with Gasteiger partial charge in [0, 0.05) is 9.85 Å². The molecule has 1 saturated carbocycles. The van der Waals surface area contributed by atoms with Gasteiger partial charge in [-0.2, -0.15) is 0 Å². The lowest BCUT2D eigenvalue weighted by Gasteiger charge is -2.31. The van der Waals surface area contributed by atoms with E-state index in [1.807, 2.05) is 6.07 Å². The molecule has 0 nitrogen and oxygen atoms in total. The summed E-state index contributed by atoms with van der Waals surface area (Å²) in [5.74, 6) is 1.12. The van der Waals surface area contributed by atoms with E-state index in [1.54, 1.807) is 6.07 Å². The van der Waals surface area contributed by atoms with Gasteiger partial charge in [0.15, 0.2) is 0 Å². The molecule has 1 aromatic carbocycles. The number of alkyl halides is 1. The largest absolute Gasteiger partial charge is 0.207 e. The summed E-state index contributed by atoms with van der Waals surface area (Å²) in [6.45, 7) is 2.28. The lowest BCUT2D eigenvalue weighted by atomic mass is 9.79. The van der Waals surface area contributed by atoms with Crippen LogP contribution in [0.2, 0.25) is 5.02 Å².